The topological polar surface area (TPSA) is 55.4 Å². The summed E-state index contributed by atoms with van der Waals surface area (Å²) in [6, 6.07) is 5.87. The number of ether oxygens (including phenoxy) is 1. The monoisotopic (exact) mass is 401 g/mol. The van der Waals surface area contributed by atoms with E-state index in [-0.39, 0.29) is 17.7 Å². The van der Waals surface area contributed by atoms with Gasteiger partial charge in [0.1, 0.15) is 10.8 Å². The fraction of sp³-hybridized carbons (Fsp3) is 0.364. The smallest absolute Gasteiger partial charge is 0.341 e. The molecule has 3 rings (SSSR count). The third-order valence-corrected chi connectivity index (χ3v) is 5.86. The summed E-state index contributed by atoms with van der Waals surface area (Å²) in [5.74, 6) is -0.463. The van der Waals surface area contributed by atoms with Crippen LogP contribution in [0.25, 0.3) is 6.08 Å². The van der Waals surface area contributed by atoms with Crippen LogP contribution in [-0.4, -0.2) is 18.5 Å². The van der Waals surface area contributed by atoms with Gasteiger partial charge in [0, 0.05) is 11.0 Å². The molecule has 6 heteroatoms. The number of hydrogen-bond donors (Lipinski definition) is 1. The van der Waals surface area contributed by atoms with E-state index >= 15 is 0 Å². The standard InChI is InChI=1S/C22H24FNO3S/c1-3-12-27-22(26)20-17-10-4-14(2)13-18(17)28-21(20)24-19(25)11-7-15-5-8-16(23)9-6-15/h5-9,11,14H,3-4,10,12-13H2,1-2H3,(H,24,25). The van der Waals surface area contributed by atoms with Crippen LogP contribution >= 0.6 is 11.3 Å². The molecule has 148 valence electrons. The van der Waals surface area contributed by atoms with Gasteiger partial charge in [0.05, 0.1) is 12.2 Å². The number of esters is 1. The van der Waals surface area contributed by atoms with Crippen molar-refractivity contribution in [2.45, 2.75) is 39.5 Å². The van der Waals surface area contributed by atoms with Crippen molar-refractivity contribution in [3.8, 4) is 0 Å². The number of nitrogens with one attached hydrogen (secondary N) is 1. The minimum Gasteiger partial charge on any atom is -0.462 e. The van der Waals surface area contributed by atoms with Crippen LogP contribution in [0.3, 0.4) is 0 Å². The Labute approximate surface area is 168 Å². The quantitative estimate of drug-likeness (QED) is 0.533. The minimum atomic E-state index is -0.369. The number of carbonyl (C=O) groups excluding carboxylic acids is 2. The second-order valence-corrected chi connectivity index (χ2v) is 8.17. The number of fused-ring (bicyclic) bond motifs is 1. The molecule has 0 fully saturated rings. The molecule has 1 atom stereocenters. The van der Waals surface area contributed by atoms with E-state index in [1.54, 1.807) is 18.2 Å². The Morgan fingerprint density at radius 3 is 2.79 bits per heavy atom. The van der Waals surface area contributed by atoms with Crippen molar-refractivity contribution in [3.63, 3.8) is 0 Å². The molecule has 1 aromatic carbocycles. The number of benzene rings is 1. The molecule has 4 nitrogen and oxygen atoms in total. The molecule has 1 amide bonds. The van der Waals surface area contributed by atoms with E-state index in [2.05, 4.69) is 12.2 Å². The van der Waals surface area contributed by atoms with Crippen LogP contribution in [-0.2, 0) is 22.4 Å². The second kappa shape index (κ2) is 9.15. The number of thiophene rings is 1. The van der Waals surface area contributed by atoms with Gasteiger partial charge in [0.25, 0.3) is 0 Å². The highest BCUT2D eigenvalue weighted by atomic mass is 32.1. The summed E-state index contributed by atoms with van der Waals surface area (Å²) >= 11 is 1.46. The fourth-order valence-electron chi connectivity index (χ4n) is 3.22. The minimum absolute atomic E-state index is 0.324. The van der Waals surface area contributed by atoms with Crippen molar-refractivity contribution in [2.75, 3.05) is 11.9 Å². The first kappa shape index (κ1) is 20.3. The van der Waals surface area contributed by atoms with Gasteiger partial charge in [0.15, 0.2) is 0 Å². The van der Waals surface area contributed by atoms with Crippen LogP contribution in [0.15, 0.2) is 30.3 Å². The Balaban J connectivity index is 1.80. The lowest BCUT2D eigenvalue weighted by atomic mass is 9.88. The Morgan fingerprint density at radius 2 is 2.07 bits per heavy atom. The first-order chi connectivity index (χ1) is 13.5. The van der Waals surface area contributed by atoms with E-state index in [4.69, 9.17) is 4.74 Å². The van der Waals surface area contributed by atoms with Crippen LogP contribution < -0.4 is 5.32 Å². The molecule has 1 aromatic heterocycles. The largest absolute Gasteiger partial charge is 0.462 e. The van der Waals surface area contributed by atoms with E-state index in [1.165, 1.54) is 29.5 Å². The first-order valence-corrected chi connectivity index (χ1v) is 10.4. The van der Waals surface area contributed by atoms with Crippen LogP contribution in [0.2, 0.25) is 0 Å². The molecule has 1 unspecified atom stereocenters. The summed E-state index contributed by atoms with van der Waals surface area (Å²) in [4.78, 5) is 26.2. The molecule has 1 heterocycles. The lowest BCUT2D eigenvalue weighted by molar-refractivity contribution is -0.111. The molecule has 0 spiro atoms. The fourth-order valence-corrected chi connectivity index (χ4v) is 4.62. The number of amides is 1. The van der Waals surface area contributed by atoms with Crippen molar-refractivity contribution < 1.29 is 18.7 Å². The molecule has 0 aliphatic heterocycles. The molecule has 0 radical (unpaired) electrons. The van der Waals surface area contributed by atoms with Gasteiger partial charge in [-0.05, 0) is 60.9 Å². The van der Waals surface area contributed by atoms with E-state index < -0.39 is 0 Å². The molecule has 1 aliphatic rings. The summed E-state index contributed by atoms with van der Waals surface area (Å²) in [5.41, 5.74) is 2.24. The van der Waals surface area contributed by atoms with Crippen molar-refractivity contribution in [1.82, 2.24) is 0 Å². The van der Waals surface area contributed by atoms with Crippen LogP contribution in [0, 0.1) is 11.7 Å². The maximum Gasteiger partial charge on any atom is 0.341 e. The summed E-state index contributed by atoms with van der Waals surface area (Å²) in [6.45, 7) is 4.50. The van der Waals surface area contributed by atoms with Gasteiger partial charge in [-0.1, -0.05) is 26.0 Å². The predicted molar refractivity (Wildman–Crippen MR) is 110 cm³/mol. The molecule has 1 N–H and O–H groups in total. The average molecular weight is 402 g/mol. The molecule has 1 aliphatic carbocycles. The van der Waals surface area contributed by atoms with Gasteiger partial charge in [-0.2, -0.15) is 0 Å². The molecule has 0 saturated carbocycles. The zero-order valence-electron chi connectivity index (χ0n) is 16.1. The van der Waals surface area contributed by atoms with Crippen LogP contribution in [0.5, 0.6) is 0 Å². The first-order valence-electron chi connectivity index (χ1n) is 9.54. The van der Waals surface area contributed by atoms with Crippen molar-refractivity contribution in [3.05, 3.63) is 57.7 Å². The highest BCUT2D eigenvalue weighted by Gasteiger charge is 2.28. The Kier molecular flexibility index (Phi) is 6.62. The zero-order chi connectivity index (χ0) is 20.1. The van der Waals surface area contributed by atoms with E-state index in [0.29, 0.717) is 23.1 Å². The Morgan fingerprint density at radius 1 is 1.32 bits per heavy atom. The summed E-state index contributed by atoms with van der Waals surface area (Å²) in [7, 11) is 0. The van der Waals surface area contributed by atoms with E-state index in [0.717, 1.165) is 41.7 Å². The SMILES string of the molecule is CCCOC(=O)c1c(NC(=O)C=Cc2ccc(F)cc2)sc2c1CCC(C)C2. The average Bonchev–Trinajstić information content (AvgIpc) is 3.02. The molecule has 0 saturated heterocycles. The number of hydrogen-bond acceptors (Lipinski definition) is 4. The number of halogens is 1. The predicted octanol–water partition coefficient (Wildman–Crippen LogP) is 5.23. The van der Waals surface area contributed by atoms with Crippen LogP contribution in [0.4, 0.5) is 9.39 Å². The van der Waals surface area contributed by atoms with Crippen molar-refractivity contribution in [1.29, 1.82) is 0 Å². The number of rotatable bonds is 6. The zero-order valence-corrected chi connectivity index (χ0v) is 16.9. The van der Waals surface area contributed by atoms with Crippen molar-refractivity contribution >= 4 is 34.3 Å². The van der Waals surface area contributed by atoms with Gasteiger partial charge >= 0.3 is 5.97 Å². The molecule has 0 bridgehead atoms. The molecular formula is C22H24FNO3S. The van der Waals surface area contributed by atoms with Crippen molar-refractivity contribution in [2.24, 2.45) is 5.92 Å². The lowest BCUT2D eigenvalue weighted by Gasteiger charge is -2.18. The third kappa shape index (κ3) is 4.87. The highest BCUT2D eigenvalue weighted by molar-refractivity contribution is 7.17. The second-order valence-electron chi connectivity index (χ2n) is 7.07. The van der Waals surface area contributed by atoms with Gasteiger partial charge in [0.2, 0.25) is 5.91 Å². The maximum atomic E-state index is 13.0. The third-order valence-electron chi connectivity index (χ3n) is 4.69. The molecule has 2 aromatic rings. The van der Waals surface area contributed by atoms with Gasteiger partial charge in [-0.25, -0.2) is 9.18 Å². The van der Waals surface area contributed by atoms with Gasteiger partial charge < -0.3 is 10.1 Å². The van der Waals surface area contributed by atoms with E-state index in [1.807, 2.05) is 6.92 Å². The number of carbonyl (C=O) groups is 2. The lowest BCUT2D eigenvalue weighted by Crippen LogP contribution is -2.16. The summed E-state index contributed by atoms with van der Waals surface area (Å²) in [6.07, 6.45) is 6.50. The Bertz CT molecular complexity index is 886. The molecule has 28 heavy (non-hydrogen) atoms. The van der Waals surface area contributed by atoms with Gasteiger partial charge in [-0.15, -0.1) is 11.3 Å². The van der Waals surface area contributed by atoms with E-state index in [9.17, 15) is 14.0 Å². The van der Waals surface area contributed by atoms with Gasteiger partial charge in [-0.3, -0.25) is 4.79 Å². The summed E-state index contributed by atoms with van der Waals surface area (Å²) < 4.78 is 18.3. The Hall–Kier alpha value is -2.47. The normalized spacial score (nSPS) is 16.0. The maximum absolute atomic E-state index is 13.0. The number of anilines is 1. The summed E-state index contributed by atoms with van der Waals surface area (Å²) in [5, 5.41) is 3.39. The van der Waals surface area contributed by atoms with Crippen LogP contribution in [0.1, 0.15) is 53.1 Å². The highest BCUT2D eigenvalue weighted by Crippen LogP contribution is 2.40. The molecular weight excluding hydrogens is 377 g/mol.